The highest BCUT2D eigenvalue weighted by Crippen LogP contribution is 2.19. The monoisotopic (exact) mass is 342 g/mol. The van der Waals surface area contributed by atoms with Crippen molar-refractivity contribution in [2.24, 2.45) is 0 Å². The molecule has 0 spiro atoms. The van der Waals surface area contributed by atoms with E-state index in [1.165, 1.54) is 16.4 Å². The highest BCUT2D eigenvalue weighted by Gasteiger charge is 2.30. The molecule has 0 amide bonds. The van der Waals surface area contributed by atoms with Crippen LogP contribution < -0.4 is 4.72 Å². The molecule has 7 nitrogen and oxygen atoms in total. The number of aliphatic hydroxyl groups excluding tert-OH is 1. The molecule has 23 heavy (non-hydrogen) atoms. The summed E-state index contributed by atoms with van der Waals surface area (Å²) in [5.41, 5.74) is 0.960. The molecule has 1 aromatic carbocycles. The summed E-state index contributed by atoms with van der Waals surface area (Å²) >= 11 is 0. The molecule has 1 aromatic rings. The van der Waals surface area contributed by atoms with E-state index in [1.807, 2.05) is 0 Å². The van der Waals surface area contributed by atoms with E-state index in [1.54, 1.807) is 12.1 Å². The lowest BCUT2D eigenvalue weighted by Crippen LogP contribution is -2.44. The van der Waals surface area contributed by atoms with Crippen molar-refractivity contribution in [3.05, 3.63) is 35.4 Å². The van der Waals surface area contributed by atoms with E-state index in [9.17, 15) is 18.3 Å². The van der Waals surface area contributed by atoms with E-state index in [-0.39, 0.29) is 6.61 Å². The van der Waals surface area contributed by atoms with E-state index >= 15 is 0 Å². The highest BCUT2D eigenvalue weighted by molar-refractivity contribution is 7.87. The molecule has 0 aromatic heterocycles. The predicted octanol–water partition coefficient (Wildman–Crippen LogP) is 1.01. The van der Waals surface area contributed by atoms with Crippen LogP contribution in [-0.4, -0.2) is 42.0 Å². The van der Waals surface area contributed by atoms with Gasteiger partial charge in [0.05, 0.1) is 6.61 Å². The van der Waals surface area contributed by atoms with Gasteiger partial charge in [0.1, 0.15) is 6.04 Å². The summed E-state index contributed by atoms with van der Waals surface area (Å²) in [6, 6.07) is 4.82. The summed E-state index contributed by atoms with van der Waals surface area (Å²) in [5, 5.41) is 18.4. The zero-order valence-corrected chi connectivity index (χ0v) is 13.6. The minimum Gasteiger partial charge on any atom is -0.480 e. The maximum Gasteiger partial charge on any atom is 0.326 e. The van der Waals surface area contributed by atoms with Crippen LogP contribution in [0.25, 0.3) is 0 Å². The second-order valence-electron chi connectivity index (χ2n) is 5.61. The molecule has 1 aliphatic rings. The van der Waals surface area contributed by atoms with Crippen molar-refractivity contribution in [2.45, 2.75) is 38.3 Å². The molecule has 0 aliphatic carbocycles. The van der Waals surface area contributed by atoms with Gasteiger partial charge in [-0.25, -0.2) is 0 Å². The first-order chi connectivity index (χ1) is 10.9. The third-order valence-corrected chi connectivity index (χ3v) is 5.49. The van der Waals surface area contributed by atoms with Crippen molar-refractivity contribution >= 4 is 16.2 Å². The minimum atomic E-state index is -3.86. The number of rotatable bonds is 6. The lowest BCUT2D eigenvalue weighted by Gasteiger charge is -2.23. The quantitative estimate of drug-likeness (QED) is 0.715. The summed E-state index contributed by atoms with van der Waals surface area (Å²) in [6.07, 6.45) is 3.53. The molecule has 1 atom stereocenters. The van der Waals surface area contributed by atoms with Crippen LogP contribution in [0, 0.1) is 0 Å². The number of nitrogens with one attached hydrogen (secondary N) is 1. The highest BCUT2D eigenvalue weighted by atomic mass is 32.2. The van der Waals surface area contributed by atoms with Gasteiger partial charge in [-0.05, 0) is 24.0 Å². The van der Waals surface area contributed by atoms with Gasteiger partial charge in [-0.3, -0.25) is 4.79 Å². The fourth-order valence-corrected chi connectivity index (χ4v) is 4.00. The Bertz CT molecular complexity index is 622. The molecule has 3 N–H and O–H groups in total. The van der Waals surface area contributed by atoms with Gasteiger partial charge in [0.2, 0.25) is 0 Å². The number of nitrogens with zero attached hydrogens (tertiary/aromatic N) is 1. The number of carbonyl (C=O) groups is 1. The lowest BCUT2D eigenvalue weighted by atomic mass is 10.1. The maximum atomic E-state index is 12.5. The van der Waals surface area contributed by atoms with Crippen molar-refractivity contribution in [3.8, 4) is 0 Å². The van der Waals surface area contributed by atoms with Gasteiger partial charge >= 0.3 is 5.97 Å². The molecule has 8 heteroatoms. The lowest BCUT2D eigenvalue weighted by molar-refractivity contribution is -0.139. The van der Waals surface area contributed by atoms with Gasteiger partial charge in [0, 0.05) is 13.1 Å². The van der Waals surface area contributed by atoms with Crippen molar-refractivity contribution in [1.82, 2.24) is 9.03 Å². The maximum absolute atomic E-state index is 12.5. The van der Waals surface area contributed by atoms with E-state index < -0.39 is 22.2 Å². The second kappa shape index (κ2) is 7.87. The second-order valence-corrected chi connectivity index (χ2v) is 7.31. The average Bonchev–Trinajstić information content (AvgIpc) is 2.82. The van der Waals surface area contributed by atoms with E-state index in [4.69, 9.17) is 5.11 Å². The van der Waals surface area contributed by atoms with E-state index in [0.717, 1.165) is 25.7 Å². The first-order valence-corrected chi connectivity index (χ1v) is 9.08. The summed E-state index contributed by atoms with van der Waals surface area (Å²) in [5.74, 6) is -1.26. The first-order valence-electron chi connectivity index (χ1n) is 7.64. The van der Waals surface area contributed by atoms with Crippen LogP contribution in [0.15, 0.2) is 24.3 Å². The largest absolute Gasteiger partial charge is 0.480 e. The SMILES string of the molecule is O=C(O)[C@H](NS(=O)(=O)N1CCCCCC1)c1ccc(CO)cc1. The summed E-state index contributed by atoms with van der Waals surface area (Å²) in [7, 11) is -3.86. The third kappa shape index (κ3) is 4.74. The van der Waals surface area contributed by atoms with E-state index in [0.29, 0.717) is 24.2 Å². The first kappa shape index (κ1) is 17.9. The zero-order valence-electron chi connectivity index (χ0n) is 12.8. The molecule has 1 fully saturated rings. The molecule has 1 heterocycles. The fraction of sp³-hybridized carbons (Fsp3) is 0.533. The third-order valence-electron chi connectivity index (χ3n) is 3.91. The Labute approximate surface area is 136 Å². The van der Waals surface area contributed by atoms with Crippen LogP contribution in [0.5, 0.6) is 0 Å². The molecule has 128 valence electrons. The van der Waals surface area contributed by atoms with Crippen molar-refractivity contribution in [3.63, 3.8) is 0 Å². The van der Waals surface area contributed by atoms with Gasteiger partial charge in [-0.1, -0.05) is 37.1 Å². The van der Waals surface area contributed by atoms with Crippen LogP contribution in [0.3, 0.4) is 0 Å². The summed E-state index contributed by atoms with van der Waals surface area (Å²) in [6.45, 7) is 0.660. The minimum absolute atomic E-state index is 0.155. The average molecular weight is 342 g/mol. The van der Waals surface area contributed by atoms with Crippen LogP contribution in [0.2, 0.25) is 0 Å². The molecule has 0 unspecified atom stereocenters. The van der Waals surface area contributed by atoms with Crippen molar-refractivity contribution in [2.75, 3.05) is 13.1 Å². The number of hydrogen-bond acceptors (Lipinski definition) is 4. The van der Waals surface area contributed by atoms with Gasteiger partial charge in [0.25, 0.3) is 10.2 Å². The molecule has 1 aliphatic heterocycles. The summed E-state index contributed by atoms with van der Waals surface area (Å²) in [4.78, 5) is 11.5. The number of carboxylic acid groups (broad SMARTS) is 1. The molecule has 0 bridgehead atoms. The normalized spacial score (nSPS) is 18.3. The molecular weight excluding hydrogens is 320 g/mol. The summed E-state index contributed by atoms with van der Waals surface area (Å²) < 4.78 is 28.5. The van der Waals surface area contributed by atoms with Crippen molar-refractivity contribution < 1.29 is 23.4 Å². The topological polar surface area (TPSA) is 107 Å². The predicted molar refractivity (Wildman–Crippen MR) is 84.8 cm³/mol. The molecule has 2 rings (SSSR count). The molecule has 1 saturated heterocycles. The van der Waals surface area contributed by atoms with Crippen LogP contribution in [-0.2, 0) is 21.6 Å². The van der Waals surface area contributed by atoms with Crippen LogP contribution in [0.4, 0.5) is 0 Å². The Balaban J connectivity index is 2.18. The number of aliphatic carboxylic acids is 1. The molecule has 0 saturated carbocycles. The number of benzene rings is 1. The van der Waals surface area contributed by atoms with Gasteiger partial charge < -0.3 is 10.2 Å². The number of carboxylic acids is 1. The Morgan fingerprint density at radius 1 is 1.13 bits per heavy atom. The Hall–Kier alpha value is -1.48. The van der Waals surface area contributed by atoms with E-state index in [2.05, 4.69) is 4.72 Å². The number of aliphatic hydroxyl groups is 1. The standard InChI is InChI=1S/C15H22N2O5S/c18-11-12-5-7-13(8-6-12)14(15(19)20)16-23(21,22)17-9-3-1-2-4-10-17/h5-8,14,16,18H,1-4,9-11H2,(H,19,20)/t14-/m1/s1. The Morgan fingerprint density at radius 2 is 1.70 bits per heavy atom. The van der Waals surface area contributed by atoms with Crippen molar-refractivity contribution in [1.29, 1.82) is 0 Å². The van der Waals surface area contributed by atoms with Crippen LogP contribution in [0.1, 0.15) is 42.9 Å². The number of hydrogen-bond donors (Lipinski definition) is 3. The Kier molecular flexibility index (Phi) is 6.11. The van der Waals surface area contributed by atoms with Gasteiger partial charge in [-0.15, -0.1) is 0 Å². The Morgan fingerprint density at radius 3 is 2.17 bits per heavy atom. The van der Waals surface area contributed by atoms with Crippen LogP contribution >= 0.6 is 0 Å². The smallest absolute Gasteiger partial charge is 0.326 e. The zero-order chi connectivity index (χ0) is 16.9. The van der Waals surface area contributed by atoms with Gasteiger partial charge in [0.15, 0.2) is 0 Å². The molecular formula is C15H22N2O5S. The van der Waals surface area contributed by atoms with Gasteiger partial charge in [-0.2, -0.15) is 17.4 Å². The molecule has 0 radical (unpaired) electrons. The fourth-order valence-electron chi connectivity index (χ4n) is 2.58.